The molecule has 1 aromatic heterocycles. The molecule has 1 aromatic carbocycles. The van der Waals surface area contributed by atoms with Crippen LogP contribution in [-0.4, -0.2) is 15.9 Å². The molecule has 1 unspecified atom stereocenters. The fourth-order valence-corrected chi connectivity index (χ4v) is 2.32. The highest BCUT2D eigenvalue weighted by Gasteiger charge is 2.23. The Morgan fingerprint density at radius 2 is 2.29 bits per heavy atom. The molecule has 0 aliphatic heterocycles. The molecule has 4 heteroatoms. The Morgan fingerprint density at radius 3 is 3.12 bits per heavy atom. The average Bonchev–Trinajstić information content (AvgIpc) is 2.98. The van der Waals surface area contributed by atoms with Crippen LogP contribution in [0.2, 0.25) is 0 Å². The smallest absolute Gasteiger partial charge is 0.269 e. The molecule has 1 heterocycles. The summed E-state index contributed by atoms with van der Waals surface area (Å²) in [4.78, 5) is 18.5. The number of carbonyl (C=O) groups excluding carboxylic acids is 1. The Morgan fingerprint density at radius 1 is 1.41 bits per heavy atom. The van der Waals surface area contributed by atoms with Gasteiger partial charge in [0.05, 0.1) is 18.6 Å². The van der Waals surface area contributed by atoms with Crippen molar-refractivity contribution in [3.05, 3.63) is 53.6 Å². The molecule has 0 fully saturated rings. The fraction of sp³-hybridized carbons (Fsp3) is 0.231. The maximum Gasteiger partial charge on any atom is 0.269 e. The van der Waals surface area contributed by atoms with Gasteiger partial charge in [0.1, 0.15) is 5.69 Å². The van der Waals surface area contributed by atoms with Gasteiger partial charge in [0.2, 0.25) is 0 Å². The molecule has 0 bridgehead atoms. The fourth-order valence-electron chi connectivity index (χ4n) is 2.32. The molecule has 0 saturated heterocycles. The second-order valence-electron chi connectivity index (χ2n) is 4.23. The van der Waals surface area contributed by atoms with Crippen molar-refractivity contribution in [3.63, 3.8) is 0 Å². The number of hydrogen-bond acceptors (Lipinski definition) is 2. The van der Waals surface area contributed by atoms with E-state index in [0.717, 1.165) is 12.8 Å². The van der Waals surface area contributed by atoms with Gasteiger partial charge in [0, 0.05) is 0 Å². The number of H-pyrrole nitrogens is 1. The van der Waals surface area contributed by atoms with Crippen LogP contribution < -0.4 is 5.32 Å². The third-order valence-corrected chi connectivity index (χ3v) is 3.18. The zero-order chi connectivity index (χ0) is 11.7. The second kappa shape index (κ2) is 4.05. The number of carbonyl (C=O) groups is 1. The number of amides is 1. The first-order valence-electron chi connectivity index (χ1n) is 5.71. The van der Waals surface area contributed by atoms with Crippen molar-refractivity contribution in [1.29, 1.82) is 0 Å². The maximum absolute atomic E-state index is 11.9. The second-order valence-corrected chi connectivity index (χ2v) is 4.23. The lowest BCUT2D eigenvalue weighted by Crippen LogP contribution is -2.27. The first-order chi connectivity index (χ1) is 8.34. The highest BCUT2D eigenvalue weighted by molar-refractivity contribution is 5.92. The molecule has 2 aromatic rings. The van der Waals surface area contributed by atoms with E-state index in [1.165, 1.54) is 23.7 Å². The summed E-state index contributed by atoms with van der Waals surface area (Å²) in [6, 6.07) is 8.39. The minimum Gasteiger partial charge on any atom is -0.344 e. The molecule has 4 nitrogen and oxygen atoms in total. The van der Waals surface area contributed by atoms with E-state index in [1.54, 1.807) is 0 Å². The zero-order valence-electron chi connectivity index (χ0n) is 9.31. The number of aromatic nitrogens is 2. The summed E-state index contributed by atoms with van der Waals surface area (Å²) < 4.78 is 0. The number of nitrogens with one attached hydrogen (secondary N) is 2. The normalized spacial score (nSPS) is 17.8. The molecular weight excluding hydrogens is 214 g/mol. The van der Waals surface area contributed by atoms with E-state index in [-0.39, 0.29) is 11.9 Å². The number of aryl methyl sites for hydroxylation is 1. The molecule has 2 N–H and O–H groups in total. The van der Waals surface area contributed by atoms with E-state index in [4.69, 9.17) is 0 Å². The van der Waals surface area contributed by atoms with Crippen molar-refractivity contribution in [1.82, 2.24) is 15.3 Å². The Balaban J connectivity index is 1.78. The van der Waals surface area contributed by atoms with E-state index in [0.29, 0.717) is 5.69 Å². The van der Waals surface area contributed by atoms with Gasteiger partial charge in [0.15, 0.2) is 0 Å². The maximum atomic E-state index is 11.9. The van der Waals surface area contributed by atoms with Crippen molar-refractivity contribution < 1.29 is 4.79 Å². The summed E-state index contributed by atoms with van der Waals surface area (Å²) in [6.07, 6.45) is 5.05. The largest absolute Gasteiger partial charge is 0.344 e. The van der Waals surface area contributed by atoms with Gasteiger partial charge in [-0.25, -0.2) is 4.98 Å². The number of imidazole rings is 1. The quantitative estimate of drug-likeness (QED) is 0.822. The Hall–Kier alpha value is -2.10. The summed E-state index contributed by atoms with van der Waals surface area (Å²) in [5.41, 5.74) is 3.08. The molecule has 1 atom stereocenters. The van der Waals surface area contributed by atoms with E-state index in [2.05, 4.69) is 27.4 Å². The van der Waals surface area contributed by atoms with Crippen LogP contribution in [0.4, 0.5) is 0 Å². The van der Waals surface area contributed by atoms with Gasteiger partial charge in [-0.1, -0.05) is 24.3 Å². The number of hydrogen-bond donors (Lipinski definition) is 2. The number of benzene rings is 1. The van der Waals surface area contributed by atoms with Crippen LogP contribution in [0.3, 0.4) is 0 Å². The highest BCUT2D eigenvalue weighted by atomic mass is 16.1. The van der Waals surface area contributed by atoms with Crippen molar-refractivity contribution in [3.8, 4) is 0 Å². The molecule has 3 rings (SSSR count). The van der Waals surface area contributed by atoms with Crippen LogP contribution in [-0.2, 0) is 6.42 Å². The number of aromatic amines is 1. The predicted octanol–water partition coefficient (Wildman–Crippen LogP) is 1.83. The lowest BCUT2D eigenvalue weighted by Gasteiger charge is -2.13. The molecule has 1 aliphatic rings. The SMILES string of the molecule is O=C(NC1CCc2ccccc21)c1cnc[nH]1. The van der Waals surface area contributed by atoms with E-state index in [1.807, 2.05) is 12.1 Å². The molecule has 0 saturated carbocycles. The standard InChI is InChI=1S/C13H13N3O/c17-13(12-7-14-8-15-12)16-11-6-5-9-3-1-2-4-10(9)11/h1-4,7-8,11H,5-6H2,(H,14,15)(H,16,17). The van der Waals surface area contributed by atoms with Gasteiger partial charge >= 0.3 is 0 Å². The lowest BCUT2D eigenvalue weighted by atomic mass is 10.1. The van der Waals surface area contributed by atoms with Gasteiger partial charge in [0.25, 0.3) is 5.91 Å². The molecular formula is C13H13N3O. The van der Waals surface area contributed by atoms with Crippen LogP contribution in [0, 0.1) is 0 Å². The van der Waals surface area contributed by atoms with Crippen LogP contribution in [0.25, 0.3) is 0 Å². The van der Waals surface area contributed by atoms with Crippen LogP contribution in [0.15, 0.2) is 36.8 Å². The van der Waals surface area contributed by atoms with E-state index in [9.17, 15) is 4.79 Å². The third-order valence-electron chi connectivity index (χ3n) is 3.18. The van der Waals surface area contributed by atoms with Crippen LogP contribution in [0.1, 0.15) is 34.1 Å². The highest BCUT2D eigenvalue weighted by Crippen LogP contribution is 2.30. The summed E-state index contributed by atoms with van der Waals surface area (Å²) in [5, 5.41) is 3.03. The molecule has 1 amide bonds. The molecule has 0 radical (unpaired) electrons. The minimum atomic E-state index is -0.0933. The van der Waals surface area contributed by atoms with E-state index >= 15 is 0 Å². The van der Waals surface area contributed by atoms with Crippen molar-refractivity contribution in [2.45, 2.75) is 18.9 Å². The molecule has 1 aliphatic carbocycles. The van der Waals surface area contributed by atoms with Crippen molar-refractivity contribution in [2.75, 3.05) is 0 Å². The molecule has 17 heavy (non-hydrogen) atoms. The molecule has 0 spiro atoms. The summed E-state index contributed by atoms with van der Waals surface area (Å²) >= 11 is 0. The minimum absolute atomic E-state index is 0.0933. The third kappa shape index (κ3) is 1.82. The zero-order valence-corrected chi connectivity index (χ0v) is 9.31. The summed E-state index contributed by atoms with van der Waals surface area (Å²) in [7, 11) is 0. The Bertz CT molecular complexity index is 533. The van der Waals surface area contributed by atoms with E-state index < -0.39 is 0 Å². The first kappa shape index (κ1) is 10.1. The first-order valence-corrected chi connectivity index (χ1v) is 5.71. The van der Waals surface area contributed by atoms with Gasteiger partial charge in [-0.2, -0.15) is 0 Å². The topological polar surface area (TPSA) is 57.8 Å². The van der Waals surface area contributed by atoms with Gasteiger partial charge < -0.3 is 10.3 Å². The molecule has 86 valence electrons. The van der Waals surface area contributed by atoms with Crippen molar-refractivity contribution >= 4 is 5.91 Å². The van der Waals surface area contributed by atoms with Crippen LogP contribution in [0.5, 0.6) is 0 Å². The van der Waals surface area contributed by atoms with Gasteiger partial charge in [-0.3, -0.25) is 4.79 Å². The average molecular weight is 227 g/mol. The Kier molecular flexibility index (Phi) is 2.40. The number of nitrogens with zero attached hydrogens (tertiary/aromatic N) is 1. The summed E-state index contributed by atoms with van der Waals surface area (Å²) in [5.74, 6) is -0.0933. The van der Waals surface area contributed by atoms with Gasteiger partial charge in [-0.05, 0) is 24.0 Å². The predicted molar refractivity (Wildman–Crippen MR) is 63.6 cm³/mol. The van der Waals surface area contributed by atoms with Gasteiger partial charge in [-0.15, -0.1) is 0 Å². The summed E-state index contributed by atoms with van der Waals surface area (Å²) in [6.45, 7) is 0. The number of rotatable bonds is 2. The Labute approximate surface area is 99.1 Å². The monoisotopic (exact) mass is 227 g/mol. The van der Waals surface area contributed by atoms with Crippen LogP contribution >= 0.6 is 0 Å². The number of fused-ring (bicyclic) bond motifs is 1. The lowest BCUT2D eigenvalue weighted by molar-refractivity contribution is 0.0932. The van der Waals surface area contributed by atoms with Crippen molar-refractivity contribution in [2.24, 2.45) is 0 Å².